The highest BCUT2D eigenvalue weighted by molar-refractivity contribution is 5.03. The summed E-state index contributed by atoms with van der Waals surface area (Å²) in [5.74, 6) is -3.34. The fourth-order valence-electron chi connectivity index (χ4n) is 10.5. The smallest absolute Gasteiger partial charge is 0.226 e. The van der Waals surface area contributed by atoms with Gasteiger partial charge in [0.25, 0.3) is 0 Å². The highest BCUT2D eigenvalue weighted by Crippen LogP contribution is 2.40. The van der Waals surface area contributed by atoms with E-state index in [1.807, 2.05) is 0 Å². The molecule has 0 aromatic carbocycles. The number of ether oxygens (including phenoxy) is 14. The zero-order valence-electron chi connectivity index (χ0n) is 40.6. The van der Waals surface area contributed by atoms with Gasteiger partial charge in [-0.05, 0) is 0 Å². The van der Waals surface area contributed by atoms with E-state index in [9.17, 15) is 112 Å². The van der Waals surface area contributed by atoms with Crippen molar-refractivity contribution in [2.45, 2.75) is 215 Å². The van der Waals surface area contributed by atoms with E-state index in [0.29, 0.717) is 0 Å². The summed E-state index contributed by atoms with van der Waals surface area (Å²) in [7, 11) is 0. The van der Waals surface area contributed by atoms with Crippen LogP contribution in [-0.4, -0.2) is 373 Å². The predicted molar refractivity (Wildman–Crippen MR) is 230 cm³/mol. The Kier molecular flexibility index (Phi) is 20.7. The molecule has 0 aliphatic carbocycles. The first-order valence-electron chi connectivity index (χ1n) is 24.7. The van der Waals surface area contributed by atoms with Crippen molar-refractivity contribution in [3.63, 3.8) is 0 Å². The quantitative estimate of drug-likeness (QED) is 0.113. The lowest BCUT2D eigenvalue weighted by Gasteiger charge is -2.52. The molecule has 0 aromatic rings. The van der Waals surface area contributed by atoms with E-state index in [-0.39, 0.29) is 0 Å². The fourth-order valence-corrected chi connectivity index (χ4v) is 10.5. The van der Waals surface area contributed by atoms with Crippen LogP contribution in [-0.2, 0) is 66.3 Å². The Morgan fingerprint density at radius 1 is 0.231 bits per heavy atom. The maximum atomic E-state index is 11.7. The molecule has 22 N–H and O–H groups in total. The molecule has 78 heavy (non-hydrogen) atoms. The lowest BCUT2D eigenvalue weighted by atomic mass is 9.93. The van der Waals surface area contributed by atoms with Gasteiger partial charge in [-0.2, -0.15) is 0 Å². The van der Waals surface area contributed by atoms with E-state index < -0.39 is 261 Å². The topological polar surface area (TPSA) is 574 Å². The Hall–Kier alpha value is -1.44. The van der Waals surface area contributed by atoms with Crippen molar-refractivity contribution < 1.29 is 179 Å². The fraction of sp³-hybridized carbons (Fsp3) is 1.00. The Labute approximate surface area is 439 Å². The van der Waals surface area contributed by atoms with E-state index >= 15 is 0 Å². The molecule has 14 bridgehead atoms. The van der Waals surface area contributed by atoms with E-state index in [4.69, 9.17) is 66.3 Å². The van der Waals surface area contributed by atoms with Crippen molar-refractivity contribution in [3.05, 3.63) is 0 Å². The van der Waals surface area contributed by atoms with Crippen molar-refractivity contribution >= 4 is 0 Å². The summed E-state index contributed by atoms with van der Waals surface area (Å²) in [6, 6.07) is 0. The maximum absolute atomic E-state index is 11.7. The van der Waals surface area contributed by atoms with E-state index in [0.717, 1.165) is 0 Å². The molecule has 454 valence electrons. The van der Waals surface area contributed by atoms with Crippen LogP contribution in [0, 0.1) is 0 Å². The monoisotopic (exact) mass is 1150 g/mol. The van der Waals surface area contributed by atoms with Crippen LogP contribution in [0.2, 0.25) is 0 Å². The van der Waals surface area contributed by atoms with Crippen molar-refractivity contribution in [2.24, 2.45) is 0 Å². The lowest BCUT2D eigenvalue weighted by Crippen LogP contribution is -2.72. The first kappa shape index (κ1) is 62.6. The molecular weight excluding hydrogens is 1080 g/mol. The van der Waals surface area contributed by atoms with Gasteiger partial charge in [-0.25, -0.2) is 0 Å². The van der Waals surface area contributed by atoms with Crippen LogP contribution >= 0.6 is 0 Å². The van der Waals surface area contributed by atoms with Crippen molar-refractivity contribution in [3.8, 4) is 0 Å². The molecule has 0 radical (unpaired) electrons. The van der Waals surface area contributed by atoms with Crippen LogP contribution < -0.4 is 0 Å². The maximum Gasteiger partial charge on any atom is 0.226 e. The van der Waals surface area contributed by atoms with Crippen molar-refractivity contribution in [2.75, 3.05) is 46.2 Å². The summed E-state index contributed by atoms with van der Waals surface area (Å²) in [4.78, 5) is 0. The second-order valence-corrected chi connectivity index (χ2v) is 19.8. The molecule has 35 atom stereocenters. The molecule has 0 saturated carbocycles. The van der Waals surface area contributed by atoms with Gasteiger partial charge >= 0.3 is 0 Å². The van der Waals surface area contributed by atoms with Gasteiger partial charge in [-0.3, -0.25) is 0 Å². The molecule has 21 heterocycles. The molecule has 36 heteroatoms. The van der Waals surface area contributed by atoms with Gasteiger partial charge in [-0.1, -0.05) is 0 Å². The standard InChI is InChI=1S/C42H70O36/c43-1-8-28-15(50)21(56)35(65-8)72-29-9(2-44)66-37(22(57)16(29)51)74-31-11(4-46)68-39(24(59)18(31)53)76-33-13(6-48)70-41(26(61)20(33)55)78-42(64)14(7-49)71-40(27(62)34(42)63)77-32-12(5-47)69-38(25(60)19(32)54)75-30-10(3-45)67-36(73-28)23(58)17(30)52/h8-41,43-64H,1-7H2/t8-,9-,10-,11-,12-,13-,14-,15-,16-,17-,18-,19-,20-,21-,22-,23-,24-,25-,26-,27-,28-,29-,30-,31-,32-,33-,34-,35-,36-,37-,38-,39-,40-,41-,42-/m1/s1. The summed E-state index contributed by atoms with van der Waals surface area (Å²) in [6.45, 7) is -7.82. The summed E-state index contributed by atoms with van der Waals surface area (Å²) < 4.78 is 78.7. The summed E-state index contributed by atoms with van der Waals surface area (Å²) in [6.07, 6.45) is -71.5. The summed E-state index contributed by atoms with van der Waals surface area (Å²) >= 11 is 0. The Bertz CT molecular complexity index is 1870. The molecule has 36 nitrogen and oxygen atoms in total. The highest BCUT2D eigenvalue weighted by Gasteiger charge is 2.63. The molecular formula is C42H70O36. The first-order valence-corrected chi connectivity index (χ1v) is 24.7. The van der Waals surface area contributed by atoms with Crippen LogP contribution in [0.1, 0.15) is 0 Å². The molecule has 21 rings (SSSR count). The third-order valence-electron chi connectivity index (χ3n) is 14.9. The second kappa shape index (κ2) is 25.8. The molecule has 21 aliphatic rings. The van der Waals surface area contributed by atoms with Gasteiger partial charge in [0, 0.05) is 0 Å². The lowest BCUT2D eigenvalue weighted by molar-refractivity contribution is -0.451. The average Bonchev–Trinajstić information content (AvgIpc) is 3.59. The van der Waals surface area contributed by atoms with Gasteiger partial charge in [-0.15, -0.1) is 0 Å². The minimum atomic E-state index is -3.34. The minimum absolute atomic E-state index is 1.06. The summed E-state index contributed by atoms with van der Waals surface area (Å²) in [5.41, 5.74) is 0. The normalized spacial score (nSPS) is 55.8. The van der Waals surface area contributed by atoms with E-state index in [1.165, 1.54) is 0 Å². The minimum Gasteiger partial charge on any atom is -0.394 e. The summed E-state index contributed by atoms with van der Waals surface area (Å²) in [5, 5.41) is 242. The molecule has 21 saturated heterocycles. The zero-order chi connectivity index (χ0) is 57.0. The van der Waals surface area contributed by atoms with Gasteiger partial charge in [0.05, 0.1) is 46.2 Å². The largest absolute Gasteiger partial charge is 0.394 e. The van der Waals surface area contributed by atoms with Crippen LogP contribution in [0.5, 0.6) is 0 Å². The number of aliphatic hydroxyl groups is 22. The van der Waals surface area contributed by atoms with Crippen LogP contribution in [0.15, 0.2) is 0 Å². The van der Waals surface area contributed by atoms with E-state index in [1.54, 1.807) is 0 Å². The van der Waals surface area contributed by atoms with Gasteiger partial charge in [0.2, 0.25) is 5.79 Å². The van der Waals surface area contributed by atoms with Gasteiger partial charge < -0.3 is 179 Å². The van der Waals surface area contributed by atoms with Gasteiger partial charge in [0.15, 0.2) is 44.0 Å². The number of rotatable bonds is 7. The molecule has 0 aromatic heterocycles. The van der Waals surface area contributed by atoms with Crippen LogP contribution in [0.3, 0.4) is 0 Å². The highest BCUT2D eigenvalue weighted by atomic mass is 16.8. The Balaban J connectivity index is 1.09. The van der Waals surface area contributed by atoms with Crippen molar-refractivity contribution in [1.29, 1.82) is 0 Å². The third-order valence-corrected chi connectivity index (χ3v) is 14.9. The Morgan fingerprint density at radius 2 is 0.436 bits per heavy atom. The molecule has 21 aliphatic heterocycles. The third kappa shape index (κ3) is 11.7. The number of hydrogen-bond donors (Lipinski definition) is 22. The van der Waals surface area contributed by atoms with Crippen LogP contribution in [0.4, 0.5) is 0 Å². The molecule has 21 fully saturated rings. The number of hydrogen-bond acceptors (Lipinski definition) is 36. The van der Waals surface area contributed by atoms with Crippen LogP contribution in [0.25, 0.3) is 0 Å². The Morgan fingerprint density at radius 3 is 0.654 bits per heavy atom. The van der Waals surface area contributed by atoms with E-state index in [2.05, 4.69) is 0 Å². The number of aliphatic hydroxyl groups excluding tert-OH is 21. The first-order chi connectivity index (χ1) is 37.0. The molecule has 0 unspecified atom stereocenters. The molecule has 0 spiro atoms. The predicted octanol–water partition coefficient (Wildman–Crippen LogP) is -15.9. The molecule has 0 amide bonds. The average molecular weight is 1150 g/mol. The van der Waals surface area contributed by atoms with Crippen molar-refractivity contribution in [1.82, 2.24) is 0 Å². The zero-order valence-corrected chi connectivity index (χ0v) is 40.6. The SMILES string of the molecule is OC[C@H]1O[C@@H]2O[C@@]3(O)[C@H](O)[C@@H](O)[C@@H](O[C@H]4[C@H](O)[C@@H](O)[C@@H](O[C@H]5[C@H](O)[C@@H](O)[C@@H](O[C@H]6[C@H](O)[C@@H](O)[C@@H](O[C@H]7[C@H](O)[C@@H](O)[C@@H](O[C@H]8[C@H](O)[C@@H](O)[C@@H](O[C@H]1[C@H](O)[C@H]2O)O[C@@H]8CO)O[C@@H]7CO)O[C@@H]6CO)O[C@@H]5CO)O[C@@H]4CO)O[C@@H]3CO. The second-order valence-electron chi connectivity index (χ2n) is 19.8. The van der Waals surface area contributed by atoms with Gasteiger partial charge in [0.1, 0.15) is 165 Å².